The monoisotopic (exact) mass is 544 g/mol. The van der Waals surface area contributed by atoms with Crippen molar-refractivity contribution >= 4 is 29.9 Å². The molecule has 0 amide bonds. The fourth-order valence-corrected chi connectivity index (χ4v) is 4.10. The first-order valence-corrected chi connectivity index (χ1v) is 11.8. The maximum atomic E-state index is 5.78. The molecule has 0 aliphatic carbocycles. The van der Waals surface area contributed by atoms with Crippen LogP contribution in [0.2, 0.25) is 0 Å². The quantitative estimate of drug-likeness (QED) is 0.183. The molecule has 2 unspecified atom stereocenters. The molecule has 6 nitrogen and oxygen atoms in total. The number of guanidine groups is 1. The maximum absolute atomic E-state index is 5.78. The van der Waals surface area contributed by atoms with E-state index in [1.54, 1.807) is 0 Å². The highest BCUT2D eigenvalue weighted by molar-refractivity contribution is 14.0. The molecule has 1 aromatic carbocycles. The fourth-order valence-electron chi connectivity index (χ4n) is 4.10. The van der Waals surface area contributed by atoms with Crippen molar-refractivity contribution in [2.24, 2.45) is 16.8 Å². The van der Waals surface area contributed by atoms with Gasteiger partial charge in [0.15, 0.2) is 5.96 Å². The normalized spacial score (nSPS) is 21.8. The molecule has 2 aliphatic rings. The summed E-state index contributed by atoms with van der Waals surface area (Å²) in [6.45, 7) is 11.7. The molecule has 0 aromatic heterocycles. The number of hydrogen-bond acceptors (Lipinski definition) is 4. The average Bonchev–Trinajstić information content (AvgIpc) is 3.45. The van der Waals surface area contributed by atoms with Gasteiger partial charge in [-0.15, -0.1) is 24.0 Å². The van der Waals surface area contributed by atoms with E-state index in [4.69, 9.17) is 14.5 Å². The second-order valence-electron chi connectivity index (χ2n) is 8.50. The Hall–Kier alpha value is -0.900. The molecule has 2 aliphatic heterocycles. The molecule has 2 saturated heterocycles. The Morgan fingerprint density at radius 1 is 1.19 bits per heavy atom. The van der Waals surface area contributed by atoms with Crippen molar-refractivity contribution in [1.29, 1.82) is 0 Å². The topological polar surface area (TPSA) is 58.1 Å². The van der Waals surface area contributed by atoms with Crippen molar-refractivity contribution in [3.05, 3.63) is 35.9 Å². The van der Waals surface area contributed by atoms with Crippen LogP contribution in [0.25, 0.3) is 0 Å². The van der Waals surface area contributed by atoms with Crippen LogP contribution in [0.15, 0.2) is 35.3 Å². The minimum atomic E-state index is 0. The van der Waals surface area contributed by atoms with Crippen LogP contribution in [-0.2, 0) is 15.9 Å². The van der Waals surface area contributed by atoms with Crippen LogP contribution >= 0.6 is 24.0 Å². The predicted molar refractivity (Wildman–Crippen MR) is 138 cm³/mol. The number of likely N-dealkylation sites (tertiary alicyclic amines) is 1. The number of nitrogens with one attached hydrogen (secondary N) is 2. The van der Waals surface area contributed by atoms with Gasteiger partial charge in [-0.3, -0.25) is 4.99 Å². The molecule has 0 radical (unpaired) electrons. The molecule has 176 valence electrons. The Bertz CT molecular complexity index is 611. The van der Waals surface area contributed by atoms with Crippen LogP contribution in [0.1, 0.15) is 31.7 Å². The summed E-state index contributed by atoms with van der Waals surface area (Å²) in [5.41, 5.74) is 1.43. The SMILES string of the molecule is CCNC(=NCC1CCN(CCc2ccccc2)C1)NCCCOCC1CCOC1.I. The van der Waals surface area contributed by atoms with Crippen molar-refractivity contribution < 1.29 is 9.47 Å². The molecule has 3 rings (SSSR count). The molecule has 7 heteroatoms. The standard InChI is InChI=1S/C24H40N4O2.HI/c1-2-25-24(26-12-6-15-29-19-23-11-16-30-20-23)27-17-22-10-14-28(18-22)13-9-21-7-4-3-5-8-21;/h3-5,7-8,22-23H,2,6,9-20H2,1H3,(H2,25,26,27);1H. The Kier molecular flexibility index (Phi) is 13.5. The maximum Gasteiger partial charge on any atom is 0.191 e. The van der Waals surface area contributed by atoms with E-state index < -0.39 is 0 Å². The number of benzene rings is 1. The zero-order valence-electron chi connectivity index (χ0n) is 19.1. The van der Waals surface area contributed by atoms with Gasteiger partial charge in [0.25, 0.3) is 0 Å². The van der Waals surface area contributed by atoms with Gasteiger partial charge in [0.1, 0.15) is 0 Å². The Morgan fingerprint density at radius 3 is 2.84 bits per heavy atom. The van der Waals surface area contributed by atoms with Crippen LogP contribution < -0.4 is 10.6 Å². The number of hydrogen-bond donors (Lipinski definition) is 2. The molecule has 0 spiro atoms. The zero-order valence-corrected chi connectivity index (χ0v) is 21.4. The summed E-state index contributed by atoms with van der Waals surface area (Å²) in [6.07, 6.45) is 4.52. The highest BCUT2D eigenvalue weighted by Crippen LogP contribution is 2.17. The third kappa shape index (κ3) is 10.5. The van der Waals surface area contributed by atoms with E-state index >= 15 is 0 Å². The molecule has 1 aromatic rings. The summed E-state index contributed by atoms with van der Waals surface area (Å²) in [5, 5.41) is 6.82. The van der Waals surface area contributed by atoms with Gasteiger partial charge < -0.3 is 25.0 Å². The number of ether oxygens (including phenoxy) is 2. The minimum absolute atomic E-state index is 0. The summed E-state index contributed by atoms with van der Waals surface area (Å²) in [7, 11) is 0. The van der Waals surface area contributed by atoms with Gasteiger partial charge in [-0.25, -0.2) is 0 Å². The molecular formula is C24H41IN4O2. The molecule has 31 heavy (non-hydrogen) atoms. The molecule has 0 bridgehead atoms. The first kappa shape index (κ1) is 26.4. The Balaban J connectivity index is 0.00000341. The van der Waals surface area contributed by atoms with E-state index in [0.717, 1.165) is 84.4 Å². The van der Waals surface area contributed by atoms with E-state index in [1.165, 1.54) is 18.5 Å². The van der Waals surface area contributed by atoms with Crippen molar-refractivity contribution in [3.8, 4) is 0 Å². The molecule has 2 N–H and O–H groups in total. The van der Waals surface area contributed by atoms with Crippen LogP contribution in [0.4, 0.5) is 0 Å². The van der Waals surface area contributed by atoms with E-state index in [-0.39, 0.29) is 24.0 Å². The minimum Gasteiger partial charge on any atom is -0.381 e. The lowest BCUT2D eigenvalue weighted by atomic mass is 10.1. The lowest BCUT2D eigenvalue weighted by Gasteiger charge is -2.16. The van der Waals surface area contributed by atoms with E-state index in [2.05, 4.69) is 52.8 Å². The smallest absolute Gasteiger partial charge is 0.191 e. The van der Waals surface area contributed by atoms with Crippen molar-refractivity contribution in [1.82, 2.24) is 15.5 Å². The number of rotatable bonds is 12. The van der Waals surface area contributed by atoms with Crippen molar-refractivity contribution in [2.45, 2.75) is 32.6 Å². The first-order valence-electron chi connectivity index (χ1n) is 11.8. The summed E-state index contributed by atoms with van der Waals surface area (Å²) < 4.78 is 11.2. The van der Waals surface area contributed by atoms with Crippen LogP contribution in [0.3, 0.4) is 0 Å². The van der Waals surface area contributed by atoms with E-state index in [9.17, 15) is 0 Å². The van der Waals surface area contributed by atoms with Gasteiger partial charge in [0, 0.05) is 51.9 Å². The van der Waals surface area contributed by atoms with E-state index in [0.29, 0.717) is 11.8 Å². The molecule has 2 fully saturated rings. The zero-order chi connectivity index (χ0) is 20.9. The molecule has 0 saturated carbocycles. The van der Waals surface area contributed by atoms with Crippen LogP contribution in [0, 0.1) is 11.8 Å². The number of aliphatic imine (C=N–C) groups is 1. The number of halogens is 1. The van der Waals surface area contributed by atoms with Gasteiger partial charge in [-0.2, -0.15) is 0 Å². The number of nitrogens with zero attached hydrogens (tertiary/aromatic N) is 2. The second kappa shape index (κ2) is 15.8. The van der Waals surface area contributed by atoms with Crippen LogP contribution in [0.5, 0.6) is 0 Å². The third-order valence-corrected chi connectivity index (χ3v) is 5.92. The van der Waals surface area contributed by atoms with Gasteiger partial charge in [0.2, 0.25) is 0 Å². The van der Waals surface area contributed by atoms with Crippen LogP contribution in [-0.4, -0.2) is 76.6 Å². The summed E-state index contributed by atoms with van der Waals surface area (Å²) >= 11 is 0. The highest BCUT2D eigenvalue weighted by Gasteiger charge is 2.22. The van der Waals surface area contributed by atoms with Gasteiger partial charge in [-0.05, 0) is 50.6 Å². The molecule has 2 heterocycles. The summed E-state index contributed by atoms with van der Waals surface area (Å²) in [6, 6.07) is 10.8. The lowest BCUT2D eigenvalue weighted by molar-refractivity contribution is 0.0888. The van der Waals surface area contributed by atoms with Gasteiger partial charge in [0.05, 0.1) is 13.2 Å². The highest BCUT2D eigenvalue weighted by atomic mass is 127. The predicted octanol–water partition coefficient (Wildman–Crippen LogP) is 3.17. The van der Waals surface area contributed by atoms with E-state index in [1.807, 2.05) is 0 Å². The second-order valence-corrected chi connectivity index (χ2v) is 8.50. The largest absolute Gasteiger partial charge is 0.381 e. The Labute approximate surface area is 205 Å². The first-order chi connectivity index (χ1) is 14.8. The van der Waals surface area contributed by atoms with Gasteiger partial charge in [-0.1, -0.05) is 30.3 Å². The lowest BCUT2D eigenvalue weighted by Crippen LogP contribution is -2.38. The fraction of sp³-hybridized carbons (Fsp3) is 0.708. The average molecular weight is 545 g/mol. The Morgan fingerprint density at radius 2 is 2.06 bits per heavy atom. The third-order valence-electron chi connectivity index (χ3n) is 5.92. The molecule has 2 atom stereocenters. The van der Waals surface area contributed by atoms with Gasteiger partial charge >= 0.3 is 0 Å². The summed E-state index contributed by atoms with van der Waals surface area (Å²) in [5.74, 6) is 2.19. The summed E-state index contributed by atoms with van der Waals surface area (Å²) in [4.78, 5) is 7.42. The molecular weight excluding hydrogens is 503 g/mol. The van der Waals surface area contributed by atoms with Crippen molar-refractivity contribution in [2.75, 3.05) is 65.7 Å². The van der Waals surface area contributed by atoms with Crippen molar-refractivity contribution in [3.63, 3.8) is 0 Å².